The highest BCUT2D eigenvalue weighted by atomic mass is 16.3. The number of aliphatic hydroxyl groups is 1. The lowest BCUT2D eigenvalue weighted by molar-refractivity contribution is -0.0128. The second kappa shape index (κ2) is 1.78. The molecule has 11 heavy (non-hydrogen) atoms. The van der Waals surface area contributed by atoms with Crippen LogP contribution < -0.4 is 0 Å². The summed E-state index contributed by atoms with van der Waals surface area (Å²) >= 11 is 0. The van der Waals surface area contributed by atoms with Gasteiger partial charge in [0.05, 0.1) is 17.1 Å². The monoisotopic (exact) mass is 151 g/mol. The molecule has 1 atom stereocenters. The maximum Gasteiger partial charge on any atom is 0.0861 e. The van der Waals surface area contributed by atoms with E-state index in [9.17, 15) is 5.11 Å². The summed E-state index contributed by atoms with van der Waals surface area (Å²) in [5.74, 6) is 0.407. The van der Waals surface area contributed by atoms with E-state index in [1.165, 1.54) is 0 Å². The first kappa shape index (κ1) is 7.12. The van der Waals surface area contributed by atoms with E-state index in [2.05, 4.69) is 6.07 Å². The zero-order valence-corrected chi connectivity index (χ0v) is 6.80. The summed E-state index contributed by atoms with van der Waals surface area (Å²) in [6, 6.07) is 2.26. The Hall–Kier alpha value is -0.550. The molecule has 0 saturated heterocycles. The highest BCUT2D eigenvalue weighted by molar-refractivity contribution is 5.22. The first-order chi connectivity index (χ1) is 5.12. The van der Waals surface area contributed by atoms with Gasteiger partial charge in [-0.25, -0.2) is 0 Å². The van der Waals surface area contributed by atoms with Crippen molar-refractivity contribution >= 4 is 0 Å². The predicted octanol–water partition coefficient (Wildman–Crippen LogP) is 1.45. The molecule has 1 unspecified atom stereocenters. The minimum atomic E-state index is -0.693. The molecule has 2 aliphatic rings. The van der Waals surface area contributed by atoms with Crippen LogP contribution in [0.1, 0.15) is 32.6 Å². The van der Waals surface area contributed by atoms with Crippen molar-refractivity contribution in [2.45, 2.75) is 38.2 Å². The molecule has 0 aliphatic heterocycles. The number of nitrogens with zero attached hydrogens (tertiary/aromatic N) is 1. The Kier molecular flexibility index (Phi) is 1.15. The largest absolute Gasteiger partial charge is 0.388 e. The van der Waals surface area contributed by atoms with Crippen molar-refractivity contribution in [2.75, 3.05) is 0 Å². The molecule has 1 N–H and O–H groups in total. The minimum Gasteiger partial charge on any atom is -0.388 e. The average molecular weight is 151 g/mol. The number of rotatable bonds is 2. The molecular weight excluding hydrogens is 138 g/mol. The van der Waals surface area contributed by atoms with Crippen LogP contribution in [0.3, 0.4) is 0 Å². The van der Waals surface area contributed by atoms with Crippen LogP contribution in [0.5, 0.6) is 0 Å². The summed E-state index contributed by atoms with van der Waals surface area (Å²) in [4.78, 5) is 0. The Morgan fingerprint density at radius 2 is 2.09 bits per heavy atom. The Morgan fingerprint density at radius 1 is 1.55 bits per heavy atom. The van der Waals surface area contributed by atoms with Crippen molar-refractivity contribution in [1.29, 1.82) is 5.26 Å². The summed E-state index contributed by atoms with van der Waals surface area (Å²) < 4.78 is 0. The maximum atomic E-state index is 10.0. The lowest BCUT2D eigenvalue weighted by Crippen LogP contribution is -2.37. The molecule has 0 aromatic heterocycles. The van der Waals surface area contributed by atoms with Gasteiger partial charge in [-0.3, -0.25) is 0 Å². The zero-order chi connectivity index (χ0) is 8.11. The van der Waals surface area contributed by atoms with Gasteiger partial charge in [-0.15, -0.1) is 0 Å². The van der Waals surface area contributed by atoms with Gasteiger partial charge in [0.15, 0.2) is 0 Å². The molecule has 2 fully saturated rings. The average Bonchev–Trinajstić information content (AvgIpc) is 2.85. The van der Waals surface area contributed by atoms with Gasteiger partial charge in [-0.1, -0.05) is 0 Å². The molecular formula is C9H13NO. The van der Waals surface area contributed by atoms with Crippen LogP contribution in [0.4, 0.5) is 0 Å². The minimum absolute atomic E-state index is 0.367. The van der Waals surface area contributed by atoms with Crippen molar-refractivity contribution in [3.63, 3.8) is 0 Å². The molecule has 0 spiro atoms. The van der Waals surface area contributed by atoms with Crippen molar-refractivity contribution in [3.05, 3.63) is 0 Å². The molecule has 0 aromatic carbocycles. The fraction of sp³-hybridized carbons (Fsp3) is 0.889. The second-order valence-electron chi connectivity index (χ2n) is 4.12. The van der Waals surface area contributed by atoms with Crippen LogP contribution in [0, 0.1) is 22.7 Å². The van der Waals surface area contributed by atoms with E-state index in [4.69, 9.17) is 5.26 Å². The molecule has 0 amide bonds. The third-order valence-corrected chi connectivity index (χ3v) is 3.31. The molecule has 0 radical (unpaired) electrons. The topological polar surface area (TPSA) is 44.0 Å². The summed E-state index contributed by atoms with van der Waals surface area (Å²) in [5, 5.41) is 18.9. The SMILES string of the molecule is CC(O)(C1CC1)C1(C#N)CC1. The number of hydrogen-bond acceptors (Lipinski definition) is 2. The van der Waals surface area contributed by atoms with E-state index in [0.717, 1.165) is 25.7 Å². The Bertz CT molecular complexity index is 218. The molecule has 2 saturated carbocycles. The molecule has 2 aliphatic carbocycles. The van der Waals surface area contributed by atoms with Crippen LogP contribution in [-0.2, 0) is 0 Å². The summed E-state index contributed by atoms with van der Waals surface area (Å²) in [6.07, 6.45) is 4.01. The van der Waals surface area contributed by atoms with Crippen molar-refractivity contribution in [3.8, 4) is 6.07 Å². The third-order valence-electron chi connectivity index (χ3n) is 3.31. The maximum absolute atomic E-state index is 10.0. The predicted molar refractivity (Wildman–Crippen MR) is 40.6 cm³/mol. The molecule has 0 aromatic rings. The van der Waals surface area contributed by atoms with Crippen LogP contribution in [0.25, 0.3) is 0 Å². The third kappa shape index (κ3) is 0.810. The van der Waals surface area contributed by atoms with Crippen LogP contribution in [0.15, 0.2) is 0 Å². The first-order valence-electron chi connectivity index (χ1n) is 4.26. The normalized spacial score (nSPS) is 32.1. The van der Waals surface area contributed by atoms with Crippen molar-refractivity contribution in [1.82, 2.24) is 0 Å². The van der Waals surface area contributed by atoms with E-state index < -0.39 is 5.60 Å². The van der Waals surface area contributed by atoms with Crippen molar-refractivity contribution in [2.24, 2.45) is 11.3 Å². The molecule has 2 rings (SSSR count). The van der Waals surface area contributed by atoms with E-state index in [1.54, 1.807) is 0 Å². The molecule has 2 nitrogen and oxygen atoms in total. The lowest BCUT2D eigenvalue weighted by atomic mass is 9.83. The lowest BCUT2D eigenvalue weighted by Gasteiger charge is -2.27. The summed E-state index contributed by atoms with van der Waals surface area (Å²) in [6.45, 7) is 1.83. The Balaban J connectivity index is 2.19. The summed E-state index contributed by atoms with van der Waals surface area (Å²) in [7, 11) is 0. The molecule has 2 heteroatoms. The van der Waals surface area contributed by atoms with E-state index in [-0.39, 0.29) is 5.41 Å². The first-order valence-corrected chi connectivity index (χ1v) is 4.26. The molecule has 0 heterocycles. The van der Waals surface area contributed by atoms with Gasteiger partial charge < -0.3 is 5.11 Å². The van der Waals surface area contributed by atoms with Crippen molar-refractivity contribution < 1.29 is 5.11 Å². The molecule has 60 valence electrons. The number of nitriles is 1. The van der Waals surface area contributed by atoms with Gasteiger partial charge in [0, 0.05) is 0 Å². The smallest absolute Gasteiger partial charge is 0.0861 e. The number of hydrogen-bond donors (Lipinski definition) is 1. The van der Waals surface area contributed by atoms with Gasteiger partial charge >= 0.3 is 0 Å². The zero-order valence-electron chi connectivity index (χ0n) is 6.80. The summed E-state index contributed by atoms with van der Waals surface area (Å²) in [5.41, 5.74) is -1.06. The van der Waals surface area contributed by atoms with Gasteiger partial charge in [-0.2, -0.15) is 5.26 Å². The van der Waals surface area contributed by atoms with Crippen LogP contribution in [-0.4, -0.2) is 10.7 Å². The fourth-order valence-electron chi connectivity index (χ4n) is 1.89. The Morgan fingerprint density at radius 3 is 2.36 bits per heavy atom. The van der Waals surface area contributed by atoms with E-state index in [0.29, 0.717) is 5.92 Å². The van der Waals surface area contributed by atoms with Gasteiger partial charge in [0.1, 0.15) is 0 Å². The van der Waals surface area contributed by atoms with Gasteiger partial charge in [0.25, 0.3) is 0 Å². The van der Waals surface area contributed by atoms with Gasteiger partial charge in [-0.05, 0) is 38.5 Å². The Labute approximate surface area is 66.8 Å². The highest BCUT2D eigenvalue weighted by Gasteiger charge is 2.62. The van der Waals surface area contributed by atoms with E-state index >= 15 is 0 Å². The fourth-order valence-corrected chi connectivity index (χ4v) is 1.89. The van der Waals surface area contributed by atoms with E-state index in [1.807, 2.05) is 6.92 Å². The van der Waals surface area contributed by atoms with Crippen LogP contribution >= 0.6 is 0 Å². The second-order valence-corrected chi connectivity index (χ2v) is 4.12. The van der Waals surface area contributed by atoms with Crippen LogP contribution in [0.2, 0.25) is 0 Å². The quantitative estimate of drug-likeness (QED) is 0.649. The molecule has 0 bridgehead atoms. The van der Waals surface area contributed by atoms with Gasteiger partial charge in [0.2, 0.25) is 0 Å². The standard InChI is InChI=1S/C9H13NO/c1-8(11,7-2-3-7)9(6-10)4-5-9/h7,11H,2-5H2,1H3. The highest BCUT2D eigenvalue weighted by Crippen LogP contribution is 2.60.